The van der Waals surface area contributed by atoms with E-state index in [0.29, 0.717) is 11.1 Å². The van der Waals surface area contributed by atoms with E-state index < -0.39 is 0 Å². The van der Waals surface area contributed by atoms with Gasteiger partial charge in [-0.2, -0.15) is 11.8 Å². The molecule has 1 atom stereocenters. The number of hydrogen-bond acceptors (Lipinski definition) is 2. The molecule has 1 aromatic carbocycles. The molecule has 1 aliphatic rings. The zero-order valence-corrected chi connectivity index (χ0v) is 17.2. The summed E-state index contributed by atoms with van der Waals surface area (Å²) in [6.07, 6.45) is 3.46. The fraction of sp³-hybridized carbons (Fsp3) is 0.500. The van der Waals surface area contributed by atoms with Crippen LogP contribution in [0.5, 0.6) is 0 Å². The highest BCUT2D eigenvalue weighted by Gasteiger charge is 2.39. The number of aromatic nitrogens is 1. The molecular formula is C18H20BrCl2NS. The molecule has 0 aliphatic carbocycles. The van der Waals surface area contributed by atoms with Crippen molar-refractivity contribution >= 4 is 61.8 Å². The van der Waals surface area contributed by atoms with E-state index in [0.717, 1.165) is 32.4 Å². The quantitative estimate of drug-likeness (QED) is 0.479. The molecule has 3 rings (SSSR count). The minimum atomic E-state index is -0.0291. The maximum Gasteiger partial charge on any atom is 0.135 e. The molecule has 1 aromatic heterocycles. The van der Waals surface area contributed by atoms with Crippen molar-refractivity contribution in [2.75, 3.05) is 11.5 Å². The number of rotatable bonds is 3. The van der Waals surface area contributed by atoms with Crippen molar-refractivity contribution < 1.29 is 0 Å². The summed E-state index contributed by atoms with van der Waals surface area (Å²) in [5.41, 5.74) is 1.86. The van der Waals surface area contributed by atoms with Crippen LogP contribution in [0.3, 0.4) is 0 Å². The lowest BCUT2D eigenvalue weighted by Gasteiger charge is -2.40. The van der Waals surface area contributed by atoms with Crippen molar-refractivity contribution in [3.8, 4) is 0 Å². The van der Waals surface area contributed by atoms with Gasteiger partial charge in [-0.15, -0.1) is 0 Å². The number of benzene rings is 1. The van der Waals surface area contributed by atoms with Crippen molar-refractivity contribution in [2.24, 2.45) is 5.92 Å². The van der Waals surface area contributed by atoms with Gasteiger partial charge in [-0.25, -0.2) is 4.98 Å². The van der Waals surface area contributed by atoms with Gasteiger partial charge in [0.15, 0.2) is 0 Å². The van der Waals surface area contributed by atoms with Crippen LogP contribution in [0, 0.1) is 5.92 Å². The van der Waals surface area contributed by atoms with Gasteiger partial charge in [0.2, 0.25) is 0 Å². The number of hydrogen-bond donors (Lipinski definition) is 0. The van der Waals surface area contributed by atoms with Crippen LogP contribution in [-0.4, -0.2) is 16.5 Å². The molecule has 124 valence electrons. The summed E-state index contributed by atoms with van der Waals surface area (Å²) in [4.78, 5) is 4.64. The highest BCUT2D eigenvalue weighted by molar-refractivity contribution is 9.10. The lowest BCUT2D eigenvalue weighted by atomic mass is 9.68. The first kappa shape index (κ1) is 17.8. The summed E-state index contributed by atoms with van der Waals surface area (Å²) < 4.78 is 1.01. The normalized spacial score (nSPS) is 19.0. The monoisotopic (exact) mass is 431 g/mol. The molecule has 5 heteroatoms. The predicted molar refractivity (Wildman–Crippen MR) is 107 cm³/mol. The highest BCUT2D eigenvalue weighted by Crippen LogP contribution is 2.48. The Labute approximate surface area is 160 Å². The minimum absolute atomic E-state index is 0.0291. The van der Waals surface area contributed by atoms with E-state index >= 15 is 0 Å². The zero-order chi connectivity index (χ0) is 16.6. The molecule has 0 saturated carbocycles. The van der Waals surface area contributed by atoms with Gasteiger partial charge < -0.3 is 0 Å². The van der Waals surface area contributed by atoms with E-state index in [1.54, 1.807) is 0 Å². The standard InChI is InChI=1S/C18H20BrCl2NS/c1-3-18(2,11-6-8-23-9-7-11)15-16(20)13-10-12(19)4-5-14(13)22-17(15)21/h4-5,10-11H,3,6-9H2,1-2H3. The van der Waals surface area contributed by atoms with Gasteiger partial charge in [-0.1, -0.05) is 53.0 Å². The van der Waals surface area contributed by atoms with Gasteiger partial charge in [0.25, 0.3) is 0 Å². The number of nitrogens with zero attached hydrogens (tertiary/aromatic N) is 1. The van der Waals surface area contributed by atoms with Crippen molar-refractivity contribution in [2.45, 2.75) is 38.5 Å². The fourth-order valence-corrected chi connectivity index (χ4v) is 6.03. The van der Waals surface area contributed by atoms with E-state index in [4.69, 9.17) is 23.2 Å². The summed E-state index contributed by atoms with van der Waals surface area (Å²) in [6.45, 7) is 4.55. The molecule has 1 fully saturated rings. The Morgan fingerprint density at radius 2 is 2.00 bits per heavy atom. The molecule has 23 heavy (non-hydrogen) atoms. The van der Waals surface area contributed by atoms with Gasteiger partial charge in [-0.3, -0.25) is 0 Å². The van der Waals surface area contributed by atoms with Crippen LogP contribution in [-0.2, 0) is 5.41 Å². The van der Waals surface area contributed by atoms with Crippen molar-refractivity contribution in [1.29, 1.82) is 0 Å². The minimum Gasteiger partial charge on any atom is -0.236 e. The van der Waals surface area contributed by atoms with Crippen molar-refractivity contribution in [1.82, 2.24) is 4.98 Å². The lowest BCUT2D eigenvalue weighted by Crippen LogP contribution is -2.35. The first-order valence-electron chi connectivity index (χ1n) is 8.00. The summed E-state index contributed by atoms with van der Waals surface area (Å²) >= 11 is 19.0. The third-order valence-electron chi connectivity index (χ3n) is 5.27. The molecule has 1 nitrogen and oxygen atoms in total. The zero-order valence-electron chi connectivity index (χ0n) is 13.3. The molecule has 1 aliphatic heterocycles. The molecule has 1 unspecified atom stereocenters. The Morgan fingerprint density at radius 1 is 1.30 bits per heavy atom. The average Bonchev–Trinajstić information content (AvgIpc) is 2.56. The van der Waals surface area contributed by atoms with Gasteiger partial charge in [0.1, 0.15) is 5.15 Å². The predicted octanol–water partition coefficient (Wildman–Crippen LogP) is 7.12. The molecule has 0 amide bonds. The van der Waals surface area contributed by atoms with Gasteiger partial charge in [0.05, 0.1) is 10.5 Å². The lowest BCUT2D eigenvalue weighted by molar-refractivity contribution is 0.264. The van der Waals surface area contributed by atoms with Crippen LogP contribution in [0.2, 0.25) is 10.2 Å². The Balaban J connectivity index is 2.20. The molecular weight excluding hydrogens is 413 g/mol. The summed E-state index contributed by atoms with van der Waals surface area (Å²) in [5, 5.41) is 2.31. The van der Waals surface area contributed by atoms with Crippen molar-refractivity contribution in [3.05, 3.63) is 38.4 Å². The second kappa shape index (κ2) is 7.11. The summed E-state index contributed by atoms with van der Waals surface area (Å²) in [5.74, 6) is 3.06. The Bertz CT molecular complexity index is 731. The van der Waals surface area contributed by atoms with E-state index in [1.807, 2.05) is 30.0 Å². The fourth-order valence-electron chi connectivity index (χ4n) is 3.66. The molecule has 0 N–H and O–H groups in total. The number of halogens is 3. The maximum absolute atomic E-state index is 6.85. The molecule has 0 bridgehead atoms. The maximum atomic E-state index is 6.85. The largest absolute Gasteiger partial charge is 0.236 e. The van der Waals surface area contributed by atoms with Gasteiger partial charge in [0, 0.05) is 15.4 Å². The molecule has 0 spiro atoms. The first-order chi connectivity index (χ1) is 11.0. The summed E-state index contributed by atoms with van der Waals surface area (Å²) in [7, 11) is 0. The van der Waals surface area contributed by atoms with E-state index in [1.165, 1.54) is 24.3 Å². The van der Waals surface area contributed by atoms with E-state index in [9.17, 15) is 0 Å². The second-order valence-corrected chi connectivity index (χ2v) is 9.29. The van der Waals surface area contributed by atoms with Crippen LogP contribution in [0.1, 0.15) is 38.7 Å². The Hall–Kier alpha value is 0.0400. The molecule has 1 saturated heterocycles. The van der Waals surface area contributed by atoms with Crippen LogP contribution >= 0.6 is 50.9 Å². The Morgan fingerprint density at radius 3 is 2.65 bits per heavy atom. The molecule has 2 heterocycles. The SMILES string of the molecule is CCC(C)(c1c(Cl)nc2ccc(Br)cc2c1Cl)C1CCSCC1. The highest BCUT2D eigenvalue weighted by atomic mass is 79.9. The van der Waals surface area contributed by atoms with Crippen LogP contribution in [0.15, 0.2) is 22.7 Å². The van der Waals surface area contributed by atoms with E-state index in [-0.39, 0.29) is 5.41 Å². The summed E-state index contributed by atoms with van der Waals surface area (Å²) in [6, 6.07) is 5.97. The van der Waals surface area contributed by atoms with Crippen LogP contribution in [0.25, 0.3) is 10.9 Å². The number of pyridine rings is 1. The van der Waals surface area contributed by atoms with E-state index in [2.05, 4.69) is 34.8 Å². The van der Waals surface area contributed by atoms with Gasteiger partial charge >= 0.3 is 0 Å². The smallest absolute Gasteiger partial charge is 0.135 e. The van der Waals surface area contributed by atoms with Gasteiger partial charge in [-0.05, 0) is 60.3 Å². The Kier molecular flexibility index (Phi) is 5.52. The molecule has 2 aromatic rings. The van der Waals surface area contributed by atoms with Crippen molar-refractivity contribution in [3.63, 3.8) is 0 Å². The van der Waals surface area contributed by atoms with Crippen LogP contribution < -0.4 is 0 Å². The number of thioether (sulfide) groups is 1. The third-order valence-corrected chi connectivity index (χ3v) is 7.48. The van der Waals surface area contributed by atoms with Crippen LogP contribution in [0.4, 0.5) is 0 Å². The number of fused-ring (bicyclic) bond motifs is 1. The third kappa shape index (κ3) is 3.27. The second-order valence-electron chi connectivity index (χ2n) is 6.41. The average molecular weight is 433 g/mol. The molecule has 0 radical (unpaired) electrons. The topological polar surface area (TPSA) is 12.9 Å². The first-order valence-corrected chi connectivity index (χ1v) is 10.7.